The summed E-state index contributed by atoms with van der Waals surface area (Å²) in [6.07, 6.45) is 1.55. The van der Waals surface area contributed by atoms with Crippen LogP contribution in [0.5, 0.6) is 0 Å². The summed E-state index contributed by atoms with van der Waals surface area (Å²) in [7, 11) is 0. The molecular weight excluding hydrogens is 594 g/mol. The maximum absolute atomic E-state index is 14.5. The zero-order chi connectivity index (χ0) is 32.9. The highest BCUT2D eigenvalue weighted by Gasteiger charge is 2.43. The summed E-state index contributed by atoms with van der Waals surface area (Å²) in [6, 6.07) is 18.3. The summed E-state index contributed by atoms with van der Waals surface area (Å²) in [6.45, 7) is 5.35. The van der Waals surface area contributed by atoms with Crippen molar-refractivity contribution >= 4 is 12.0 Å². The van der Waals surface area contributed by atoms with Gasteiger partial charge in [0.2, 0.25) is 0 Å². The summed E-state index contributed by atoms with van der Waals surface area (Å²) in [5, 5.41) is 11.8. The minimum atomic E-state index is -2.64. The second-order valence-electron chi connectivity index (χ2n) is 13.3. The van der Waals surface area contributed by atoms with Crippen molar-refractivity contribution < 1.29 is 33.0 Å². The molecule has 2 aliphatic rings. The summed E-state index contributed by atoms with van der Waals surface area (Å²) < 4.78 is 38.6. The number of alkyl halides is 2. The molecule has 46 heavy (non-hydrogen) atoms. The van der Waals surface area contributed by atoms with Crippen molar-refractivity contribution in [3.05, 3.63) is 78.2 Å². The Labute approximate surface area is 269 Å². The van der Waals surface area contributed by atoms with Gasteiger partial charge in [0.05, 0.1) is 30.7 Å². The van der Waals surface area contributed by atoms with Crippen LogP contribution in [-0.4, -0.2) is 93.0 Å². The maximum Gasteiger partial charge on any atom is 0.410 e. The quantitative estimate of drug-likeness (QED) is 0.310. The topological polar surface area (TPSA) is 97.1 Å². The van der Waals surface area contributed by atoms with Crippen LogP contribution in [0.4, 0.5) is 13.6 Å². The zero-order valence-corrected chi connectivity index (χ0v) is 26.8. The van der Waals surface area contributed by atoms with E-state index in [1.807, 2.05) is 86.0 Å². The number of imidazole rings is 1. The molecule has 2 fully saturated rings. The smallest absolute Gasteiger partial charge is 0.410 e. The number of rotatable bonds is 9. The van der Waals surface area contributed by atoms with E-state index >= 15 is 0 Å². The molecule has 0 radical (unpaired) electrons. The van der Waals surface area contributed by atoms with Gasteiger partial charge >= 0.3 is 6.09 Å². The van der Waals surface area contributed by atoms with Crippen molar-refractivity contribution in [2.24, 2.45) is 0 Å². The SMILES string of the molecule is CC(C)(C)OC(=O)N1CCN(C(=O)c2ncn(C3CCCCC3(O)COCC(F)F)c2-c2ccccc2)[C@H](Cc2ccccc2)C1. The molecule has 0 spiro atoms. The number of halogens is 2. The molecule has 3 aromatic rings. The van der Waals surface area contributed by atoms with E-state index in [-0.39, 0.29) is 30.8 Å². The third kappa shape index (κ3) is 7.93. The fraction of sp³-hybridized carbons (Fsp3) is 0.514. The van der Waals surface area contributed by atoms with Crippen molar-refractivity contribution in [3.63, 3.8) is 0 Å². The first-order valence-electron chi connectivity index (χ1n) is 16.0. The van der Waals surface area contributed by atoms with E-state index < -0.39 is 36.4 Å². The molecule has 3 atom stereocenters. The van der Waals surface area contributed by atoms with Crippen molar-refractivity contribution in [1.82, 2.24) is 19.4 Å². The van der Waals surface area contributed by atoms with Gasteiger partial charge in [-0.25, -0.2) is 18.6 Å². The number of carbonyl (C=O) groups is 2. The molecule has 5 rings (SSSR count). The first kappa shape index (κ1) is 33.5. The molecule has 1 saturated carbocycles. The Bertz CT molecular complexity index is 1460. The minimum absolute atomic E-state index is 0.233. The van der Waals surface area contributed by atoms with Crippen LogP contribution < -0.4 is 0 Å². The van der Waals surface area contributed by atoms with Gasteiger partial charge in [0.15, 0.2) is 5.69 Å². The van der Waals surface area contributed by atoms with Crippen LogP contribution >= 0.6 is 0 Å². The molecule has 1 saturated heterocycles. The monoisotopic (exact) mass is 638 g/mol. The second-order valence-corrected chi connectivity index (χ2v) is 13.3. The lowest BCUT2D eigenvalue weighted by Crippen LogP contribution is -2.58. The normalized spacial score (nSPS) is 22.2. The molecule has 2 heterocycles. The van der Waals surface area contributed by atoms with Crippen LogP contribution in [0.15, 0.2) is 67.0 Å². The summed E-state index contributed by atoms with van der Waals surface area (Å²) in [5.74, 6) is -0.282. The number of amides is 2. The predicted octanol–water partition coefficient (Wildman–Crippen LogP) is 5.98. The Morgan fingerprint density at radius 2 is 1.74 bits per heavy atom. The first-order chi connectivity index (χ1) is 21.9. The van der Waals surface area contributed by atoms with E-state index in [4.69, 9.17) is 9.47 Å². The fourth-order valence-electron chi connectivity index (χ4n) is 6.54. The largest absolute Gasteiger partial charge is 0.444 e. The molecule has 11 heteroatoms. The van der Waals surface area contributed by atoms with E-state index in [1.54, 1.807) is 16.1 Å². The number of piperazine rings is 1. The first-order valence-corrected chi connectivity index (χ1v) is 16.0. The molecule has 1 aliphatic heterocycles. The third-order valence-corrected chi connectivity index (χ3v) is 8.64. The lowest BCUT2D eigenvalue weighted by Gasteiger charge is -2.42. The number of aliphatic hydroxyl groups is 1. The van der Waals surface area contributed by atoms with Crippen molar-refractivity contribution in [2.45, 2.75) is 82.6 Å². The molecule has 0 bridgehead atoms. The molecule has 2 aromatic carbocycles. The van der Waals surface area contributed by atoms with Gasteiger partial charge in [-0.1, -0.05) is 73.5 Å². The van der Waals surface area contributed by atoms with Gasteiger partial charge in [-0.2, -0.15) is 0 Å². The Morgan fingerprint density at radius 3 is 2.41 bits per heavy atom. The summed E-state index contributed by atoms with van der Waals surface area (Å²) in [5.41, 5.74) is 0.501. The van der Waals surface area contributed by atoms with Crippen LogP contribution in [0.3, 0.4) is 0 Å². The lowest BCUT2D eigenvalue weighted by molar-refractivity contribution is -0.113. The predicted molar refractivity (Wildman–Crippen MR) is 170 cm³/mol. The summed E-state index contributed by atoms with van der Waals surface area (Å²) >= 11 is 0. The van der Waals surface area contributed by atoms with Crippen molar-refractivity contribution in [3.8, 4) is 11.3 Å². The number of hydrogen-bond acceptors (Lipinski definition) is 6. The molecule has 1 aliphatic carbocycles. The van der Waals surface area contributed by atoms with Crippen LogP contribution in [-0.2, 0) is 15.9 Å². The van der Waals surface area contributed by atoms with Crippen LogP contribution in [0.1, 0.15) is 68.5 Å². The van der Waals surface area contributed by atoms with E-state index in [1.165, 1.54) is 0 Å². The molecule has 248 valence electrons. The fourth-order valence-corrected chi connectivity index (χ4v) is 6.54. The van der Waals surface area contributed by atoms with Gasteiger partial charge in [-0.05, 0) is 45.6 Å². The highest BCUT2D eigenvalue weighted by atomic mass is 19.3. The molecule has 9 nitrogen and oxygen atoms in total. The minimum Gasteiger partial charge on any atom is -0.444 e. The Morgan fingerprint density at radius 1 is 1.04 bits per heavy atom. The van der Waals surface area contributed by atoms with E-state index in [0.29, 0.717) is 38.0 Å². The second kappa shape index (κ2) is 14.3. The molecular formula is C35H44F2N4O5. The molecule has 2 amide bonds. The zero-order valence-electron chi connectivity index (χ0n) is 26.8. The number of nitrogens with zero attached hydrogens (tertiary/aromatic N) is 4. The van der Waals surface area contributed by atoms with Crippen LogP contribution in [0.25, 0.3) is 11.3 Å². The molecule has 1 aromatic heterocycles. The third-order valence-electron chi connectivity index (χ3n) is 8.64. The van der Waals surface area contributed by atoms with Crippen molar-refractivity contribution in [2.75, 3.05) is 32.8 Å². The number of ether oxygens (including phenoxy) is 2. The van der Waals surface area contributed by atoms with Crippen LogP contribution in [0, 0.1) is 0 Å². The van der Waals surface area contributed by atoms with Gasteiger partial charge in [-0.15, -0.1) is 0 Å². The molecule has 1 N–H and O–H groups in total. The maximum atomic E-state index is 14.5. The number of hydrogen-bond donors (Lipinski definition) is 1. The van der Waals surface area contributed by atoms with Gasteiger partial charge in [-0.3, -0.25) is 4.79 Å². The number of aromatic nitrogens is 2. The van der Waals surface area contributed by atoms with Gasteiger partial charge in [0.25, 0.3) is 12.3 Å². The standard InChI is InChI=1S/C35H44F2N4O5/c1-34(2,3)46-33(43)39-18-19-40(27(21-39)20-25-12-6-4-7-13-25)32(42)30-31(26-14-8-5-9-15-26)41(24-38-30)28-16-10-11-17-35(28,44)23-45-22-29(36)37/h4-9,12-15,24,27-29,44H,10-11,16-23H2,1-3H3/t27-,28?,35?/m1/s1. The Hall–Kier alpha value is -3.83. The van der Waals surface area contributed by atoms with Gasteiger partial charge in [0, 0.05) is 25.2 Å². The highest BCUT2D eigenvalue weighted by molar-refractivity contribution is 5.98. The number of benzene rings is 2. The van der Waals surface area contributed by atoms with Gasteiger partial charge in [0.1, 0.15) is 17.8 Å². The highest BCUT2D eigenvalue weighted by Crippen LogP contribution is 2.41. The van der Waals surface area contributed by atoms with Crippen molar-refractivity contribution in [1.29, 1.82) is 0 Å². The van der Waals surface area contributed by atoms with Gasteiger partial charge < -0.3 is 28.9 Å². The Kier molecular flexibility index (Phi) is 10.4. The number of carbonyl (C=O) groups excluding carboxylic acids is 2. The lowest BCUT2D eigenvalue weighted by atomic mass is 9.80. The van der Waals surface area contributed by atoms with E-state index in [0.717, 1.165) is 24.0 Å². The van der Waals surface area contributed by atoms with E-state index in [2.05, 4.69) is 4.98 Å². The van der Waals surface area contributed by atoms with E-state index in [9.17, 15) is 23.5 Å². The molecule has 2 unspecified atom stereocenters. The average Bonchev–Trinajstić information content (AvgIpc) is 3.45. The Balaban J connectivity index is 1.49. The average molecular weight is 639 g/mol. The summed E-state index contributed by atoms with van der Waals surface area (Å²) in [4.78, 5) is 35.7. The van der Waals surface area contributed by atoms with Crippen LogP contribution in [0.2, 0.25) is 0 Å².